The van der Waals surface area contributed by atoms with Crippen LogP contribution in [0.1, 0.15) is 27.2 Å². The number of nitrogens with two attached hydrogens (primary N) is 1. The summed E-state index contributed by atoms with van der Waals surface area (Å²) in [6, 6.07) is 0. The normalized spacial score (nSPS) is 37.2. The standard InChI is InChI=1S/C9H19NO2/c1-9(2,3)8-4-6(11)7(5-10)12-8/h6-8,11H,4-5,10H2,1-3H3/t6-,7+,8?/m0/s1. The molecule has 3 N–H and O–H groups in total. The second-order valence-corrected chi connectivity index (χ2v) is 4.57. The van der Waals surface area contributed by atoms with E-state index in [9.17, 15) is 5.11 Å². The minimum atomic E-state index is -0.376. The van der Waals surface area contributed by atoms with Crippen molar-refractivity contribution in [2.45, 2.75) is 45.5 Å². The van der Waals surface area contributed by atoms with Gasteiger partial charge < -0.3 is 15.6 Å². The van der Waals surface area contributed by atoms with Crippen molar-refractivity contribution in [3.05, 3.63) is 0 Å². The predicted octanol–water partition coefficient (Wildman–Crippen LogP) is 0.510. The summed E-state index contributed by atoms with van der Waals surface area (Å²) in [5.41, 5.74) is 5.55. The number of hydrogen-bond donors (Lipinski definition) is 2. The summed E-state index contributed by atoms with van der Waals surface area (Å²) in [6.45, 7) is 6.75. The van der Waals surface area contributed by atoms with E-state index in [1.54, 1.807) is 0 Å². The fourth-order valence-electron chi connectivity index (χ4n) is 1.50. The number of rotatable bonds is 1. The largest absolute Gasteiger partial charge is 0.390 e. The van der Waals surface area contributed by atoms with Gasteiger partial charge in [-0.2, -0.15) is 0 Å². The Kier molecular flexibility index (Phi) is 2.76. The highest BCUT2D eigenvalue weighted by atomic mass is 16.5. The van der Waals surface area contributed by atoms with E-state index >= 15 is 0 Å². The Hall–Kier alpha value is -0.120. The predicted molar refractivity (Wildman–Crippen MR) is 47.8 cm³/mol. The Morgan fingerprint density at radius 1 is 1.50 bits per heavy atom. The summed E-state index contributed by atoms with van der Waals surface area (Å²) in [5.74, 6) is 0. The molecule has 1 heterocycles. The van der Waals surface area contributed by atoms with Crippen LogP contribution in [0.2, 0.25) is 0 Å². The van der Waals surface area contributed by atoms with Crippen molar-refractivity contribution in [2.24, 2.45) is 11.1 Å². The monoisotopic (exact) mass is 173 g/mol. The minimum Gasteiger partial charge on any atom is -0.390 e. The fourth-order valence-corrected chi connectivity index (χ4v) is 1.50. The topological polar surface area (TPSA) is 55.5 Å². The molecular weight excluding hydrogens is 154 g/mol. The van der Waals surface area contributed by atoms with Crippen LogP contribution in [0.25, 0.3) is 0 Å². The van der Waals surface area contributed by atoms with Crippen molar-refractivity contribution >= 4 is 0 Å². The molecule has 0 spiro atoms. The van der Waals surface area contributed by atoms with Crippen LogP contribution in [-0.4, -0.2) is 30.0 Å². The summed E-state index contributed by atoms with van der Waals surface area (Å²) in [4.78, 5) is 0. The van der Waals surface area contributed by atoms with E-state index in [2.05, 4.69) is 20.8 Å². The molecule has 0 aromatic rings. The lowest BCUT2D eigenvalue weighted by Crippen LogP contribution is -2.30. The number of aliphatic hydroxyl groups excluding tert-OH is 1. The van der Waals surface area contributed by atoms with Gasteiger partial charge in [0.05, 0.1) is 18.3 Å². The van der Waals surface area contributed by atoms with Gasteiger partial charge in [-0.05, 0) is 5.41 Å². The second-order valence-electron chi connectivity index (χ2n) is 4.57. The molecule has 0 aromatic heterocycles. The number of ether oxygens (including phenoxy) is 1. The molecule has 1 aliphatic heterocycles. The van der Waals surface area contributed by atoms with E-state index in [1.807, 2.05) is 0 Å². The zero-order chi connectivity index (χ0) is 9.35. The molecule has 1 unspecified atom stereocenters. The van der Waals surface area contributed by atoms with Gasteiger partial charge in [0.15, 0.2) is 0 Å². The third-order valence-corrected chi connectivity index (χ3v) is 2.42. The van der Waals surface area contributed by atoms with Gasteiger partial charge in [0.2, 0.25) is 0 Å². The van der Waals surface area contributed by atoms with E-state index in [1.165, 1.54) is 0 Å². The third kappa shape index (κ3) is 1.97. The molecule has 12 heavy (non-hydrogen) atoms. The summed E-state index contributed by atoms with van der Waals surface area (Å²) in [6.07, 6.45) is 0.320. The van der Waals surface area contributed by atoms with Gasteiger partial charge in [-0.25, -0.2) is 0 Å². The van der Waals surface area contributed by atoms with Crippen LogP contribution < -0.4 is 5.73 Å². The molecule has 0 aliphatic carbocycles. The summed E-state index contributed by atoms with van der Waals surface area (Å²) < 4.78 is 5.61. The first-order valence-corrected chi connectivity index (χ1v) is 4.48. The van der Waals surface area contributed by atoms with Gasteiger partial charge in [0.1, 0.15) is 0 Å². The van der Waals surface area contributed by atoms with Gasteiger partial charge >= 0.3 is 0 Å². The van der Waals surface area contributed by atoms with Crippen molar-refractivity contribution in [3.8, 4) is 0 Å². The van der Waals surface area contributed by atoms with Crippen molar-refractivity contribution in [2.75, 3.05) is 6.54 Å². The molecule has 1 rings (SSSR count). The third-order valence-electron chi connectivity index (χ3n) is 2.42. The van der Waals surface area contributed by atoms with Crippen LogP contribution in [0.15, 0.2) is 0 Å². The molecule has 3 atom stereocenters. The van der Waals surface area contributed by atoms with Crippen LogP contribution in [0.3, 0.4) is 0 Å². The van der Waals surface area contributed by atoms with Gasteiger partial charge in [-0.3, -0.25) is 0 Å². The number of aliphatic hydroxyl groups is 1. The van der Waals surface area contributed by atoms with Crippen molar-refractivity contribution in [1.82, 2.24) is 0 Å². The maximum absolute atomic E-state index is 9.52. The first-order chi connectivity index (χ1) is 5.45. The zero-order valence-electron chi connectivity index (χ0n) is 8.08. The second kappa shape index (κ2) is 3.32. The summed E-state index contributed by atoms with van der Waals surface area (Å²) in [5, 5.41) is 9.52. The fraction of sp³-hybridized carbons (Fsp3) is 1.00. The molecule has 0 saturated carbocycles. The summed E-state index contributed by atoms with van der Waals surface area (Å²) in [7, 11) is 0. The maximum Gasteiger partial charge on any atom is 0.0960 e. The van der Waals surface area contributed by atoms with Crippen LogP contribution in [-0.2, 0) is 4.74 Å². The van der Waals surface area contributed by atoms with Gasteiger partial charge in [-0.15, -0.1) is 0 Å². The Labute approximate surface area is 73.9 Å². The Balaban J connectivity index is 2.54. The van der Waals surface area contributed by atoms with Crippen molar-refractivity contribution in [3.63, 3.8) is 0 Å². The first kappa shape index (κ1) is 9.96. The van der Waals surface area contributed by atoms with Crippen LogP contribution >= 0.6 is 0 Å². The highest BCUT2D eigenvalue weighted by Crippen LogP contribution is 2.32. The minimum absolute atomic E-state index is 0.102. The van der Waals surface area contributed by atoms with Gasteiger partial charge in [0.25, 0.3) is 0 Å². The van der Waals surface area contributed by atoms with E-state index in [0.29, 0.717) is 13.0 Å². The molecule has 3 nitrogen and oxygen atoms in total. The van der Waals surface area contributed by atoms with Gasteiger partial charge in [-0.1, -0.05) is 20.8 Å². The van der Waals surface area contributed by atoms with E-state index in [-0.39, 0.29) is 23.7 Å². The van der Waals surface area contributed by atoms with Crippen molar-refractivity contribution < 1.29 is 9.84 Å². The Bertz CT molecular complexity index is 153. The lowest BCUT2D eigenvalue weighted by molar-refractivity contribution is -0.0257. The molecule has 0 radical (unpaired) electrons. The Morgan fingerprint density at radius 3 is 2.33 bits per heavy atom. The molecule has 1 fully saturated rings. The lowest BCUT2D eigenvalue weighted by Gasteiger charge is -2.26. The van der Waals surface area contributed by atoms with Crippen molar-refractivity contribution in [1.29, 1.82) is 0 Å². The smallest absolute Gasteiger partial charge is 0.0960 e. The molecule has 0 amide bonds. The van der Waals surface area contributed by atoms with E-state index in [0.717, 1.165) is 0 Å². The average Bonchev–Trinajstić information content (AvgIpc) is 2.29. The molecule has 72 valence electrons. The molecule has 3 heteroatoms. The van der Waals surface area contributed by atoms with Crippen LogP contribution in [0, 0.1) is 5.41 Å². The molecule has 0 bridgehead atoms. The van der Waals surface area contributed by atoms with E-state index < -0.39 is 0 Å². The van der Waals surface area contributed by atoms with E-state index in [4.69, 9.17) is 10.5 Å². The molecule has 0 aromatic carbocycles. The highest BCUT2D eigenvalue weighted by molar-refractivity contribution is 4.88. The van der Waals surface area contributed by atoms with Crippen LogP contribution in [0.5, 0.6) is 0 Å². The lowest BCUT2D eigenvalue weighted by atomic mass is 9.87. The average molecular weight is 173 g/mol. The Morgan fingerprint density at radius 2 is 2.08 bits per heavy atom. The number of hydrogen-bond acceptors (Lipinski definition) is 3. The summed E-state index contributed by atoms with van der Waals surface area (Å²) >= 11 is 0. The maximum atomic E-state index is 9.52. The molecule has 1 saturated heterocycles. The SMILES string of the molecule is CC(C)(C)C1C[C@H](O)[C@@H](CN)O1. The quantitative estimate of drug-likeness (QED) is 0.607. The molecular formula is C9H19NO2. The zero-order valence-corrected chi connectivity index (χ0v) is 8.08. The highest BCUT2D eigenvalue weighted by Gasteiger charge is 2.38. The molecule has 1 aliphatic rings. The first-order valence-electron chi connectivity index (χ1n) is 4.48. The van der Waals surface area contributed by atoms with Gasteiger partial charge in [0, 0.05) is 13.0 Å². The van der Waals surface area contributed by atoms with Crippen LogP contribution in [0.4, 0.5) is 0 Å².